The molecule has 0 aromatic rings. The zero-order chi connectivity index (χ0) is 20.9. The Bertz CT molecular complexity index is 577. The molecule has 0 spiro atoms. The van der Waals surface area contributed by atoms with Gasteiger partial charge in [0.1, 0.15) is 0 Å². The first-order valence-corrected chi connectivity index (χ1v) is 13.4. The molecule has 4 aliphatic rings. The molecule has 4 saturated carbocycles. The summed E-state index contributed by atoms with van der Waals surface area (Å²) in [6.45, 7) is 10.2. The molecule has 1 N–H and O–H groups in total. The van der Waals surface area contributed by atoms with Crippen LogP contribution in [0.4, 0.5) is 0 Å². The van der Waals surface area contributed by atoms with Crippen LogP contribution >= 0.6 is 11.6 Å². The Hall–Kier alpha value is 0.250. The Balaban J connectivity index is 1.48. The summed E-state index contributed by atoms with van der Waals surface area (Å²) in [7, 11) is 0. The van der Waals surface area contributed by atoms with Gasteiger partial charge in [0.15, 0.2) is 0 Å². The molecule has 1 nitrogen and oxygen atoms in total. The van der Waals surface area contributed by atoms with Gasteiger partial charge in [-0.25, -0.2) is 0 Å². The van der Waals surface area contributed by atoms with Crippen LogP contribution in [0.1, 0.15) is 111 Å². The van der Waals surface area contributed by atoms with Gasteiger partial charge in [0.2, 0.25) is 0 Å². The Kier molecular flexibility index (Phi) is 6.43. The number of hydrogen-bond donors (Lipinski definition) is 1. The van der Waals surface area contributed by atoms with E-state index in [1.54, 1.807) is 0 Å². The third-order valence-corrected chi connectivity index (χ3v) is 12.2. The van der Waals surface area contributed by atoms with Gasteiger partial charge >= 0.3 is 0 Å². The minimum absolute atomic E-state index is 0.00456. The monoisotopic (exact) mass is 422 g/mol. The van der Waals surface area contributed by atoms with Gasteiger partial charge in [-0.3, -0.25) is 0 Å². The SMILES string of the molecule is CC(CO)CCC[C@@H](C)[C@@]1(Cl)CC[C@H]2[C@@H]3CC[C@H]4CCCC[C@]4(C)[C@H]3CC[C@@]21C. The predicted molar refractivity (Wildman–Crippen MR) is 124 cm³/mol. The molecule has 4 aliphatic carbocycles. The molecule has 0 aromatic carbocycles. The molecule has 168 valence electrons. The number of rotatable bonds is 6. The summed E-state index contributed by atoms with van der Waals surface area (Å²) in [5.74, 6) is 4.80. The van der Waals surface area contributed by atoms with E-state index in [4.69, 9.17) is 11.6 Å². The second-order valence-corrected chi connectivity index (χ2v) is 13.1. The minimum Gasteiger partial charge on any atom is -0.396 e. The molecule has 0 heterocycles. The quantitative estimate of drug-likeness (QED) is 0.432. The Labute approximate surface area is 185 Å². The van der Waals surface area contributed by atoms with Crippen molar-refractivity contribution in [3.63, 3.8) is 0 Å². The van der Waals surface area contributed by atoms with Gasteiger partial charge in [-0.15, -0.1) is 11.6 Å². The zero-order valence-electron chi connectivity index (χ0n) is 19.7. The molecule has 4 fully saturated rings. The Morgan fingerprint density at radius 3 is 2.41 bits per heavy atom. The van der Waals surface area contributed by atoms with E-state index < -0.39 is 0 Å². The molecule has 0 aromatic heterocycles. The first-order chi connectivity index (χ1) is 13.8. The number of fused-ring (bicyclic) bond motifs is 5. The first-order valence-electron chi connectivity index (χ1n) is 13.1. The fourth-order valence-electron chi connectivity index (χ4n) is 9.22. The molecule has 0 aliphatic heterocycles. The summed E-state index contributed by atoms with van der Waals surface area (Å²) in [5, 5.41) is 9.34. The highest BCUT2D eigenvalue weighted by atomic mass is 35.5. The van der Waals surface area contributed by atoms with E-state index in [9.17, 15) is 5.11 Å². The molecule has 2 heteroatoms. The van der Waals surface area contributed by atoms with E-state index in [1.807, 2.05) is 0 Å². The van der Waals surface area contributed by atoms with Crippen molar-refractivity contribution in [3.05, 3.63) is 0 Å². The van der Waals surface area contributed by atoms with Crippen LogP contribution < -0.4 is 0 Å². The number of alkyl halides is 1. The second-order valence-electron chi connectivity index (χ2n) is 12.4. The molecule has 0 radical (unpaired) electrons. The summed E-state index contributed by atoms with van der Waals surface area (Å²) in [6, 6.07) is 0. The van der Waals surface area contributed by atoms with E-state index in [0.717, 1.165) is 30.1 Å². The lowest BCUT2D eigenvalue weighted by Gasteiger charge is -2.61. The summed E-state index contributed by atoms with van der Waals surface area (Å²) in [5.41, 5.74) is 0.960. The summed E-state index contributed by atoms with van der Waals surface area (Å²) in [4.78, 5) is -0.00456. The number of aliphatic hydroxyl groups is 1. The maximum absolute atomic E-state index is 9.34. The molecular weight excluding hydrogens is 376 g/mol. The highest BCUT2D eigenvalue weighted by molar-refractivity contribution is 6.25. The molecule has 9 atom stereocenters. The predicted octanol–water partition coefficient (Wildman–Crippen LogP) is 7.83. The normalized spacial score (nSPS) is 49.0. The standard InChI is InChI=1S/C27H47ClO/c1-19(18-29)8-7-9-20(2)27(28)17-14-24-22-12-11-21-10-5-6-15-25(21,3)23(22)13-16-26(24,27)4/h19-24,29H,5-18H2,1-4H3/t19?,20-,21-,22-,23+,24+,25+,26+,27+/m1/s1. The second kappa shape index (κ2) is 8.31. The van der Waals surface area contributed by atoms with Crippen molar-refractivity contribution >= 4 is 11.6 Å². The van der Waals surface area contributed by atoms with Crippen molar-refractivity contribution in [3.8, 4) is 0 Å². The smallest absolute Gasteiger partial charge is 0.0528 e. The molecule has 4 rings (SSSR count). The van der Waals surface area contributed by atoms with Gasteiger partial charge in [0.05, 0.1) is 4.87 Å². The third-order valence-electron chi connectivity index (χ3n) is 11.2. The van der Waals surface area contributed by atoms with Crippen LogP contribution in [0, 0.1) is 46.3 Å². The van der Waals surface area contributed by atoms with Crippen molar-refractivity contribution in [2.24, 2.45) is 46.3 Å². The third kappa shape index (κ3) is 3.53. The fraction of sp³-hybridized carbons (Fsp3) is 1.00. The van der Waals surface area contributed by atoms with E-state index in [2.05, 4.69) is 27.7 Å². The van der Waals surface area contributed by atoms with Crippen LogP contribution in [0.2, 0.25) is 0 Å². The molecule has 0 bridgehead atoms. The van der Waals surface area contributed by atoms with Crippen LogP contribution in [0.25, 0.3) is 0 Å². The average Bonchev–Trinajstić information content (AvgIpc) is 2.99. The maximum Gasteiger partial charge on any atom is 0.0528 e. The van der Waals surface area contributed by atoms with Crippen LogP contribution in [0.15, 0.2) is 0 Å². The van der Waals surface area contributed by atoms with Crippen LogP contribution in [0.5, 0.6) is 0 Å². The van der Waals surface area contributed by atoms with Crippen molar-refractivity contribution in [2.45, 2.75) is 116 Å². The van der Waals surface area contributed by atoms with Crippen molar-refractivity contribution in [1.29, 1.82) is 0 Å². The lowest BCUT2D eigenvalue weighted by Crippen LogP contribution is -2.56. The maximum atomic E-state index is 9.34. The zero-order valence-corrected chi connectivity index (χ0v) is 20.4. The fourth-order valence-corrected chi connectivity index (χ4v) is 9.67. The lowest BCUT2D eigenvalue weighted by molar-refractivity contribution is -0.111. The topological polar surface area (TPSA) is 20.2 Å². The van der Waals surface area contributed by atoms with Gasteiger partial charge in [-0.05, 0) is 111 Å². The summed E-state index contributed by atoms with van der Waals surface area (Å²) < 4.78 is 0. The van der Waals surface area contributed by atoms with Gasteiger partial charge in [-0.2, -0.15) is 0 Å². The van der Waals surface area contributed by atoms with Gasteiger partial charge in [0, 0.05) is 6.61 Å². The molecule has 29 heavy (non-hydrogen) atoms. The molecular formula is C27H47ClO. The number of halogens is 1. The molecule has 0 amide bonds. The van der Waals surface area contributed by atoms with Gasteiger partial charge in [-0.1, -0.05) is 47.0 Å². The van der Waals surface area contributed by atoms with E-state index in [0.29, 0.717) is 29.3 Å². The summed E-state index contributed by atoms with van der Waals surface area (Å²) >= 11 is 7.64. The summed E-state index contributed by atoms with van der Waals surface area (Å²) in [6.07, 6.45) is 17.9. The number of hydrogen-bond acceptors (Lipinski definition) is 1. The highest BCUT2D eigenvalue weighted by Gasteiger charge is 2.65. The van der Waals surface area contributed by atoms with Crippen LogP contribution in [-0.2, 0) is 0 Å². The highest BCUT2D eigenvalue weighted by Crippen LogP contribution is 2.70. The van der Waals surface area contributed by atoms with E-state index >= 15 is 0 Å². The number of aliphatic hydroxyl groups excluding tert-OH is 1. The van der Waals surface area contributed by atoms with Crippen molar-refractivity contribution in [1.82, 2.24) is 0 Å². The lowest BCUT2D eigenvalue weighted by atomic mass is 9.44. The first kappa shape index (κ1) is 22.4. The van der Waals surface area contributed by atoms with Crippen LogP contribution in [0.3, 0.4) is 0 Å². The van der Waals surface area contributed by atoms with E-state index in [-0.39, 0.29) is 4.87 Å². The largest absolute Gasteiger partial charge is 0.396 e. The Morgan fingerprint density at radius 1 is 0.897 bits per heavy atom. The van der Waals surface area contributed by atoms with Crippen molar-refractivity contribution in [2.75, 3.05) is 6.61 Å². The average molecular weight is 423 g/mol. The molecule has 1 unspecified atom stereocenters. The van der Waals surface area contributed by atoms with E-state index in [1.165, 1.54) is 77.0 Å². The minimum atomic E-state index is -0.00456. The van der Waals surface area contributed by atoms with Gasteiger partial charge < -0.3 is 5.11 Å². The molecule has 0 saturated heterocycles. The Morgan fingerprint density at radius 2 is 1.66 bits per heavy atom. The van der Waals surface area contributed by atoms with Gasteiger partial charge in [0.25, 0.3) is 0 Å². The van der Waals surface area contributed by atoms with Crippen molar-refractivity contribution < 1.29 is 5.11 Å². The van der Waals surface area contributed by atoms with Crippen LogP contribution in [-0.4, -0.2) is 16.6 Å².